The molecule has 0 bridgehead atoms. The Morgan fingerprint density at radius 2 is 1.86 bits per heavy atom. The quantitative estimate of drug-likeness (QED) is 0.594. The number of non-ortho nitro benzene ring substituents is 1. The number of hydrogen-bond acceptors (Lipinski definition) is 5. The van der Waals surface area contributed by atoms with Gasteiger partial charge in [-0.2, -0.15) is 0 Å². The molecule has 0 spiro atoms. The predicted molar refractivity (Wildman–Crippen MR) is 76.6 cm³/mol. The second-order valence-electron chi connectivity index (χ2n) is 4.54. The maximum Gasteiger partial charge on any atom is 0.270 e. The van der Waals surface area contributed by atoms with Gasteiger partial charge in [-0.1, -0.05) is 0 Å². The standard InChI is InChI=1S/C12H17N3O5S/c1-5-14(4)12(16)10-7-6-9(15(17)18)8-11(10)21(19,20)13(2)3/h6-8H,5H2,1-4H3. The third kappa shape index (κ3) is 3.37. The molecule has 1 aromatic carbocycles. The van der Waals surface area contributed by atoms with Gasteiger partial charge in [-0.05, 0) is 13.0 Å². The van der Waals surface area contributed by atoms with Crippen LogP contribution in [-0.4, -0.2) is 56.1 Å². The van der Waals surface area contributed by atoms with Crippen molar-refractivity contribution in [2.45, 2.75) is 11.8 Å². The van der Waals surface area contributed by atoms with Crippen molar-refractivity contribution in [3.05, 3.63) is 33.9 Å². The summed E-state index contributed by atoms with van der Waals surface area (Å²) in [6, 6.07) is 3.19. The second kappa shape index (κ2) is 6.19. The number of hydrogen-bond donors (Lipinski definition) is 0. The summed E-state index contributed by atoms with van der Waals surface area (Å²) in [6.07, 6.45) is 0. The van der Waals surface area contributed by atoms with Crippen LogP contribution in [-0.2, 0) is 10.0 Å². The summed E-state index contributed by atoms with van der Waals surface area (Å²) < 4.78 is 25.5. The monoisotopic (exact) mass is 315 g/mol. The second-order valence-corrected chi connectivity index (χ2v) is 6.66. The predicted octanol–water partition coefficient (Wildman–Crippen LogP) is 0.937. The molecule has 116 valence electrons. The van der Waals surface area contributed by atoms with E-state index in [-0.39, 0.29) is 16.1 Å². The van der Waals surface area contributed by atoms with Crippen LogP contribution in [0.15, 0.2) is 23.1 Å². The van der Waals surface area contributed by atoms with Crippen molar-refractivity contribution in [1.29, 1.82) is 0 Å². The van der Waals surface area contributed by atoms with Gasteiger partial charge in [-0.3, -0.25) is 14.9 Å². The van der Waals surface area contributed by atoms with E-state index >= 15 is 0 Å². The number of carbonyl (C=O) groups is 1. The highest BCUT2D eigenvalue weighted by Gasteiger charge is 2.28. The Morgan fingerprint density at radius 3 is 2.29 bits per heavy atom. The van der Waals surface area contributed by atoms with E-state index < -0.39 is 20.9 Å². The van der Waals surface area contributed by atoms with Crippen molar-refractivity contribution >= 4 is 21.6 Å². The Labute approximate surface area is 123 Å². The maximum absolute atomic E-state index is 12.3. The van der Waals surface area contributed by atoms with Crippen molar-refractivity contribution in [2.75, 3.05) is 27.7 Å². The number of nitro benzene ring substituents is 1. The number of nitro groups is 1. The van der Waals surface area contributed by atoms with E-state index in [0.29, 0.717) is 6.54 Å². The summed E-state index contributed by atoms with van der Waals surface area (Å²) in [5, 5.41) is 10.8. The van der Waals surface area contributed by atoms with E-state index in [1.54, 1.807) is 6.92 Å². The van der Waals surface area contributed by atoms with Gasteiger partial charge in [0.15, 0.2) is 0 Å². The lowest BCUT2D eigenvalue weighted by atomic mass is 10.2. The van der Waals surface area contributed by atoms with Crippen LogP contribution in [0.2, 0.25) is 0 Å². The highest BCUT2D eigenvalue weighted by atomic mass is 32.2. The molecule has 0 aromatic heterocycles. The third-order valence-corrected chi connectivity index (χ3v) is 4.84. The molecule has 0 N–H and O–H groups in total. The summed E-state index contributed by atoms with van der Waals surface area (Å²) in [5.74, 6) is -0.507. The van der Waals surface area contributed by atoms with Gasteiger partial charge in [0.2, 0.25) is 10.0 Å². The van der Waals surface area contributed by atoms with Crippen LogP contribution in [0.25, 0.3) is 0 Å². The van der Waals surface area contributed by atoms with Gasteiger partial charge >= 0.3 is 0 Å². The lowest BCUT2D eigenvalue weighted by Gasteiger charge is -2.18. The van der Waals surface area contributed by atoms with E-state index in [4.69, 9.17) is 0 Å². The van der Waals surface area contributed by atoms with Crippen molar-refractivity contribution < 1.29 is 18.1 Å². The molecule has 8 nitrogen and oxygen atoms in total. The van der Waals surface area contributed by atoms with Gasteiger partial charge in [0, 0.05) is 39.8 Å². The number of nitrogens with zero attached hydrogens (tertiary/aromatic N) is 3. The highest BCUT2D eigenvalue weighted by Crippen LogP contribution is 2.25. The number of amides is 1. The number of rotatable bonds is 5. The van der Waals surface area contributed by atoms with E-state index in [2.05, 4.69) is 0 Å². The van der Waals surface area contributed by atoms with Gasteiger partial charge in [0.25, 0.3) is 11.6 Å². The zero-order valence-corrected chi connectivity index (χ0v) is 13.0. The summed E-state index contributed by atoms with van der Waals surface area (Å²) >= 11 is 0. The van der Waals surface area contributed by atoms with E-state index in [9.17, 15) is 23.3 Å². The van der Waals surface area contributed by atoms with Gasteiger partial charge < -0.3 is 4.90 Å². The third-order valence-electron chi connectivity index (χ3n) is 2.99. The van der Waals surface area contributed by atoms with Crippen LogP contribution in [0.5, 0.6) is 0 Å². The molecule has 0 unspecified atom stereocenters. The molecule has 0 radical (unpaired) electrons. The molecule has 0 heterocycles. The summed E-state index contributed by atoms with van der Waals surface area (Å²) in [4.78, 5) is 23.3. The Hall–Kier alpha value is -2.00. The molecule has 0 aliphatic rings. The molecule has 21 heavy (non-hydrogen) atoms. The van der Waals surface area contributed by atoms with Crippen LogP contribution >= 0.6 is 0 Å². The van der Waals surface area contributed by atoms with Crippen molar-refractivity contribution in [1.82, 2.24) is 9.21 Å². The molecular formula is C12H17N3O5S. The van der Waals surface area contributed by atoms with Crippen LogP contribution in [0.1, 0.15) is 17.3 Å². The molecular weight excluding hydrogens is 298 g/mol. The van der Waals surface area contributed by atoms with Crippen LogP contribution < -0.4 is 0 Å². The van der Waals surface area contributed by atoms with E-state index in [0.717, 1.165) is 16.4 Å². The molecule has 1 amide bonds. The number of carbonyl (C=O) groups excluding carboxylic acids is 1. The average Bonchev–Trinajstić information content (AvgIpc) is 2.44. The SMILES string of the molecule is CCN(C)C(=O)c1ccc([N+](=O)[O-])cc1S(=O)(=O)N(C)C. The molecule has 1 rings (SSSR count). The molecule has 0 aliphatic carbocycles. The van der Waals surface area contributed by atoms with Gasteiger partial charge in [0.1, 0.15) is 4.90 Å². The molecule has 0 aliphatic heterocycles. The Balaban J connectivity index is 3.59. The van der Waals surface area contributed by atoms with Crippen LogP contribution in [0, 0.1) is 10.1 Å². The van der Waals surface area contributed by atoms with E-state index in [1.165, 1.54) is 32.1 Å². The topological polar surface area (TPSA) is 101 Å². The minimum absolute atomic E-state index is 0.0846. The molecule has 0 atom stereocenters. The van der Waals surface area contributed by atoms with E-state index in [1.807, 2.05) is 0 Å². The molecule has 0 fully saturated rings. The first kappa shape index (κ1) is 17.1. The van der Waals surface area contributed by atoms with Crippen LogP contribution in [0.4, 0.5) is 5.69 Å². The summed E-state index contributed by atoms with van der Waals surface area (Å²) in [6.45, 7) is 2.13. The average molecular weight is 315 g/mol. The largest absolute Gasteiger partial charge is 0.342 e. The molecule has 0 saturated heterocycles. The first-order valence-electron chi connectivity index (χ1n) is 6.09. The Bertz CT molecular complexity index is 669. The lowest BCUT2D eigenvalue weighted by molar-refractivity contribution is -0.385. The smallest absolute Gasteiger partial charge is 0.270 e. The van der Waals surface area contributed by atoms with Crippen molar-refractivity contribution in [3.8, 4) is 0 Å². The molecule has 0 saturated carbocycles. The molecule has 9 heteroatoms. The Kier molecular flexibility index (Phi) is 5.02. The maximum atomic E-state index is 12.3. The highest BCUT2D eigenvalue weighted by molar-refractivity contribution is 7.89. The zero-order valence-electron chi connectivity index (χ0n) is 12.2. The van der Waals surface area contributed by atoms with Gasteiger partial charge in [-0.25, -0.2) is 12.7 Å². The minimum Gasteiger partial charge on any atom is -0.342 e. The van der Waals surface area contributed by atoms with Gasteiger partial charge in [-0.15, -0.1) is 0 Å². The van der Waals surface area contributed by atoms with Crippen LogP contribution in [0.3, 0.4) is 0 Å². The van der Waals surface area contributed by atoms with Crippen molar-refractivity contribution in [2.24, 2.45) is 0 Å². The minimum atomic E-state index is -3.97. The van der Waals surface area contributed by atoms with Crippen molar-refractivity contribution in [3.63, 3.8) is 0 Å². The Morgan fingerprint density at radius 1 is 1.29 bits per heavy atom. The molecule has 1 aromatic rings. The number of sulfonamides is 1. The number of benzene rings is 1. The summed E-state index contributed by atoms with van der Waals surface area (Å²) in [7, 11) is 0.150. The fourth-order valence-corrected chi connectivity index (χ4v) is 2.66. The fourth-order valence-electron chi connectivity index (χ4n) is 1.56. The zero-order chi connectivity index (χ0) is 16.4. The first-order valence-corrected chi connectivity index (χ1v) is 7.53. The lowest BCUT2D eigenvalue weighted by Crippen LogP contribution is -2.30. The van der Waals surface area contributed by atoms with Gasteiger partial charge in [0.05, 0.1) is 10.5 Å². The summed E-state index contributed by atoms with van der Waals surface area (Å²) in [5.41, 5.74) is -0.468. The normalized spacial score (nSPS) is 11.5. The fraction of sp³-hybridized carbons (Fsp3) is 0.417. The first-order chi connectivity index (χ1) is 9.62.